The molecule has 0 fully saturated rings. The zero-order valence-electron chi connectivity index (χ0n) is 16.5. The molecule has 5 nitrogen and oxygen atoms in total. The molecular formula is C22H20Cl2FNO4. The van der Waals surface area contributed by atoms with Gasteiger partial charge in [-0.1, -0.05) is 43.5 Å². The largest absolute Gasteiger partial charge is 0.505 e. The third-order valence-corrected chi connectivity index (χ3v) is 6.22. The molecule has 1 heterocycles. The highest BCUT2D eigenvalue weighted by Crippen LogP contribution is 2.39. The van der Waals surface area contributed by atoms with Crippen LogP contribution >= 0.6 is 23.2 Å². The van der Waals surface area contributed by atoms with Gasteiger partial charge in [0.1, 0.15) is 0 Å². The normalized spacial score (nSPS) is 13.4. The van der Waals surface area contributed by atoms with Gasteiger partial charge in [0.25, 0.3) is 5.91 Å². The minimum absolute atomic E-state index is 0.170. The molecule has 0 saturated carbocycles. The number of nitrogens with zero attached hydrogens (tertiary/aromatic N) is 1. The summed E-state index contributed by atoms with van der Waals surface area (Å²) in [6.07, 6.45) is 0.580. The molecule has 1 aromatic heterocycles. The molecule has 0 aliphatic rings. The fourth-order valence-electron chi connectivity index (χ4n) is 3.75. The lowest BCUT2D eigenvalue weighted by Crippen LogP contribution is -2.21. The number of aromatic hydroxyl groups is 1. The Morgan fingerprint density at radius 1 is 1.17 bits per heavy atom. The Morgan fingerprint density at radius 2 is 1.83 bits per heavy atom. The number of carbonyl (C=O) groups is 2. The highest BCUT2D eigenvalue weighted by atomic mass is 35.5. The Hall–Kier alpha value is -2.57. The van der Waals surface area contributed by atoms with Gasteiger partial charge >= 0.3 is 5.97 Å². The van der Waals surface area contributed by atoms with Crippen molar-refractivity contribution in [3.8, 4) is 5.75 Å². The summed E-state index contributed by atoms with van der Waals surface area (Å²) in [5.74, 6) is -4.29. The summed E-state index contributed by atoms with van der Waals surface area (Å²) in [7, 11) is 0. The molecule has 2 N–H and O–H groups in total. The van der Waals surface area contributed by atoms with Gasteiger partial charge in [-0.3, -0.25) is 14.2 Å². The molecule has 30 heavy (non-hydrogen) atoms. The summed E-state index contributed by atoms with van der Waals surface area (Å²) in [6.45, 7) is 5.27. The summed E-state index contributed by atoms with van der Waals surface area (Å²) in [4.78, 5) is 25.4. The Bertz CT molecular complexity index is 1170. The molecule has 2 atom stereocenters. The second-order valence-corrected chi connectivity index (χ2v) is 8.11. The fourth-order valence-corrected chi connectivity index (χ4v) is 4.05. The summed E-state index contributed by atoms with van der Waals surface area (Å²) < 4.78 is 15.5. The maximum Gasteiger partial charge on any atom is 0.311 e. The summed E-state index contributed by atoms with van der Waals surface area (Å²) in [5.41, 5.74) is 1.11. The van der Waals surface area contributed by atoms with Crippen molar-refractivity contribution in [3.63, 3.8) is 0 Å². The number of carboxylic acids is 1. The highest BCUT2D eigenvalue weighted by molar-refractivity contribution is 6.42. The summed E-state index contributed by atoms with van der Waals surface area (Å²) in [6, 6.07) is 6.57. The first-order valence-corrected chi connectivity index (χ1v) is 10.1. The van der Waals surface area contributed by atoms with E-state index in [2.05, 4.69) is 0 Å². The number of phenols is 1. The van der Waals surface area contributed by atoms with E-state index in [-0.39, 0.29) is 27.0 Å². The molecule has 0 radical (unpaired) electrons. The van der Waals surface area contributed by atoms with Crippen molar-refractivity contribution < 1.29 is 24.2 Å². The number of benzene rings is 2. The average Bonchev–Trinajstić information content (AvgIpc) is 2.95. The monoisotopic (exact) mass is 451 g/mol. The molecule has 0 amide bonds. The van der Waals surface area contributed by atoms with E-state index in [4.69, 9.17) is 23.2 Å². The van der Waals surface area contributed by atoms with Gasteiger partial charge in [-0.2, -0.15) is 0 Å². The van der Waals surface area contributed by atoms with Crippen LogP contribution in [-0.4, -0.2) is 26.7 Å². The van der Waals surface area contributed by atoms with Gasteiger partial charge in [0.15, 0.2) is 11.6 Å². The number of carbonyl (C=O) groups excluding carboxylic acids is 1. The van der Waals surface area contributed by atoms with Gasteiger partial charge in [-0.15, -0.1) is 0 Å². The lowest BCUT2D eigenvalue weighted by atomic mass is 9.84. The number of halogens is 3. The quantitative estimate of drug-likeness (QED) is 0.498. The molecule has 0 bridgehead atoms. The first kappa shape index (κ1) is 22.1. The van der Waals surface area contributed by atoms with Crippen molar-refractivity contribution in [3.05, 3.63) is 63.0 Å². The van der Waals surface area contributed by atoms with Crippen molar-refractivity contribution in [2.75, 3.05) is 0 Å². The van der Waals surface area contributed by atoms with Crippen molar-refractivity contribution in [1.82, 2.24) is 4.57 Å². The van der Waals surface area contributed by atoms with Crippen molar-refractivity contribution >= 4 is 46.0 Å². The van der Waals surface area contributed by atoms with Crippen LogP contribution in [0.3, 0.4) is 0 Å². The Balaban J connectivity index is 2.36. The van der Waals surface area contributed by atoms with Crippen molar-refractivity contribution in [2.24, 2.45) is 5.92 Å². The molecule has 0 spiro atoms. The van der Waals surface area contributed by atoms with Crippen molar-refractivity contribution in [2.45, 2.75) is 33.1 Å². The van der Waals surface area contributed by atoms with Gasteiger partial charge in [-0.05, 0) is 42.7 Å². The number of aromatic nitrogens is 1. The van der Waals surface area contributed by atoms with Crippen LogP contribution in [-0.2, 0) is 4.79 Å². The third kappa shape index (κ3) is 3.66. The maximum atomic E-state index is 14.2. The van der Waals surface area contributed by atoms with Crippen LogP contribution in [0.1, 0.15) is 47.8 Å². The molecule has 158 valence electrons. The van der Waals surface area contributed by atoms with Crippen LogP contribution in [0.2, 0.25) is 10.0 Å². The van der Waals surface area contributed by atoms with Crippen LogP contribution in [0.4, 0.5) is 4.39 Å². The lowest BCUT2D eigenvalue weighted by Gasteiger charge is -2.20. The number of hydrogen-bond acceptors (Lipinski definition) is 3. The third-order valence-electron chi connectivity index (χ3n) is 5.48. The number of hydrogen-bond donors (Lipinski definition) is 2. The zero-order chi connectivity index (χ0) is 22.3. The Labute approximate surface area is 182 Å². The summed E-state index contributed by atoms with van der Waals surface area (Å²) in [5, 5.41) is 20.6. The van der Waals surface area contributed by atoms with E-state index in [1.807, 2.05) is 6.92 Å². The predicted molar refractivity (Wildman–Crippen MR) is 114 cm³/mol. The number of phenolic OH excluding ortho intramolecular Hbond substituents is 1. The standard InChI is InChI=1S/C22H20Cl2FNO4/c1-4-10(2)19(22(29)30)20-11(3)26(17-9-16(25)18(27)8-13(17)20)21(28)12-5-6-14(23)15(24)7-12/h5-10,19,27H,4H2,1-3H3,(H,29,30)/t10?,19-/m0/s1. The molecule has 3 aromatic rings. The number of fused-ring (bicyclic) bond motifs is 1. The van der Waals surface area contributed by atoms with Crippen molar-refractivity contribution in [1.29, 1.82) is 0 Å². The average molecular weight is 452 g/mol. The van der Waals surface area contributed by atoms with E-state index in [0.717, 1.165) is 6.07 Å². The minimum Gasteiger partial charge on any atom is -0.505 e. The second kappa shape index (κ2) is 8.28. The molecule has 2 aromatic carbocycles. The van der Waals surface area contributed by atoms with Crippen LogP contribution in [0.5, 0.6) is 5.75 Å². The maximum absolute atomic E-state index is 14.2. The molecule has 0 aliphatic heterocycles. The van der Waals surface area contributed by atoms with Gasteiger partial charge in [0.05, 0.1) is 21.5 Å². The molecule has 8 heteroatoms. The van der Waals surface area contributed by atoms with E-state index >= 15 is 0 Å². The number of rotatable bonds is 5. The number of carboxylic acid groups (broad SMARTS) is 1. The first-order valence-electron chi connectivity index (χ1n) is 9.34. The van der Waals surface area contributed by atoms with E-state index in [1.54, 1.807) is 13.8 Å². The van der Waals surface area contributed by atoms with Crippen LogP contribution < -0.4 is 0 Å². The van der Waals surface area contributed by atoms with Gasteiger partial charge in [0.2, 0.25) is 0 Å². The van der Waals surface area contributed by atoms with E-state index < -0.39 is 29.4 Å². The van der Waals surface area contributed by atoms with E-state index in [9.17, 15) is 24.2 Å². The van der Waals surface area contributed by atoms with Crippen LogP contribution in [0.15, 0.2) is 30.3 Å². The van der Waals surface area contributed by atoms with E-state index in [1.165, 1.54) is 28.8 Å². The first-order chi connectivity index (χ1) is 14.1. The second-order valence-electron chi connectivity index (χ2n) is 7.29. The molecular weight excluding hydrogens is 432 g/mol. The van der Waals surface area contributed by atoms with Gasteiger partial charge in [-0.25, -0.2) is 4.39 Å². The summed E-state index contributed by atoms with van der Waals surface area (Å²) >= 11 is 12.0. The Kier molecular flexibility index (Phi) is 6.11. The predicted octanol–water partition coefficient (Wildman–Crippen LogP) is 6.00. The van der Waals surface area contributed by atoms with Gasteiger partial charge in [0, 0.05) is 22.7 Å². The van der Waals surface area contributed by atoms with E-state index in [0.29, 0.717) is 23.1 Å². The van der Waals surface area contributed by atoms with Crippen LogP contribution in [0, 0.1) is 18.7 Å². The minimum atomic E-state index is -1.06. The smallest absolute Gasteiger partial charge is 0.311 e. The lowest BCUT2D eigenvalue weighted by molar-refractivity contribution is -0.140. The highest BCUT2D eigenvalue weighted by Gasteiger charge is 2.33. The number of aliphatic carboxylic acids is 1. The molecule has 0 aliphatic carbocycles. The zero-order valence-corrected chi connectivity index (χ0v) is 18.1. The SMILES string of the molecule is CCC(C)[C@H](C(=O)O)c1c(C)n(C(=O)c2ccc(Cl)c(Cl)c2)c2cc(F)c(O)cc12. The Morgan fingerprint density at radius 3 is 2.40 bits per heavy atom. The van der Waals surface area contributed by atoms with Gasteiger partial charge < -0.3 is 10.2 Å². The van der Waals surface area contributed by atoms with Crippen LogP contribution in [0.25, 0.3) is 10.9 Å². The topological polar surface area (TPSA) is 79.5 Å². The molecule has 1 unspecified atom stereocenters. The molecule has 0 saturated heterocycles. The fraction of sp³-hybridized carbons (Fsp3) is 0.273. The molecule has 3 rings (SSSR count).